The second-order valence-corrected chi connectivity index (χ2v) is 5.22. The summed E-state index contributed by atoms with van der Waals surface area (Å²) in [5.74, 6) is 1.17. The molecule has 0 amide bonds. The minimum absolute atomic E-state index is 0.278. The molecule has 122 valence electrons. The van der Waals surface area contributed by atoms with E-state index in [1.165, 1.54) is 12.1 Å². The number of para-hydroxylation sites is 1. The number of rotatable bonds is 7. The smallest absolute Gasteiger partial charge is 0.145 e. The van der Waals surface area contributed by atoms with E-state index in [1.54, 1.807) is 6.07 Å². The molecule has 1 heterocycles. The SMILES string of the molecule is Fc1ccc2c(c1)OCCN2CCOCCOc1ccccc1. The molecule has 23 heavy (non-hydrogen) atoms. The number of hydrogen-bond donors (Lipinski definition) is 0. The number of ether oxygens (including phenoxy) is 3. The van der Waals surface area contributed by atoms with Crippen LogP contribution in [0.4, 0.5) is 10.1 Å². The van der Waals surface area contributed by atoms with Gasteiger partial charge in [-0.2, -0.15) is 0 Å². The lowest BCUT2D eigenvalue weighted by molar-refractivity contribution is 0.104. The molecule has 0 saturated carbocycles. The zero-order valence-electron chi connectivity index (χ0n) is 12.9. The first kappa shape index (κ1) is 15.6. The molecule has 5 heteroatoms. The molecule has 1 aliphatic heterocycles. The van der Waals surface area contributed by atoms with Crippen LogP contribution in [-0.4, -0.2) is 39.5 Å². The van der Waals surface area contributed by atoms with E-state index in [0.717, 1.165) is 24.5 Å². The van der Waals surface area contributed by atoms with Crippen molar-refractivity contribution in [3.8, 4) is 11.5 Å². The van der Waals surface area contributed by atoms with Gasteiger partial charge in [0, 0.05) is 12.6 Å². The summed E-state index contributed by atoms with van der Waals surface area (Å²) in [5.41, 5.74) is 0.918. The van der Waals surface area contributed by atoms with Crippen molar-refractivity contribution < 1.29 is 18.6 Å². The Morgan fingerprint density at radius 2 is 1.91 bits per heavy atom. The van der Waals surface area contributed by atoms with Crippen LogP contribution in [-0.2, 0) is 4.74 Å². The summed E-state index contributed by atoms with van der Waals surface area (Å²) in [7, 11) is 0. The number of hydrogen-bond acceptors (Lipinski definition) is 4. The van der Waals surface area contributed by atoms with Gasteiger partial charge in [-0.15, -0.1) is 0 Å². The van der Waals surface area contributed by atoms with Crippen molar-refractivity contribution in [2.75, 3.05) is 44.4 Å². The maximum Gasteiger partial charge on any atom is 0.145 e. The molecule has 0 aliphatic carbocycles. The van der Waals surface area contributed by atoms with Crippen LogP contribution in [0.3, 0.4) is 0 Å². The molecule has 0 unspecified atom stereocenters. The van der Waals surface area contributed by atoms with Crippen molar-refractivity contribution in [3.63, 3.8) is 0 Å². The Labute approximate surface area is 135 Å². The summed E-state index contributed by atoms with van der Waals surface area (Å²) in [5, 5.41) is 0. The van der Waals surface area contributed by atoms with Crippen molar-refractivity contribution in [1.29, 1.82) is 0 Å². The highest BCUT2D eigenvalue weighted by Gasteiger charge is 2.18. The van der Waals surface area contributed by atoms with Crippen molar-refractivity contribution >= 4 is 5.69 Å². The normalized spacial score (nSPS) is 13.3. The summed E-state index contributed by atoms with van der Waals surface area (Å²) in [4.78, 5) is 2.15. The lowest BCUT2D eigenvalue weighted by Gasteiger charge is -2.31. The molecule has 1 aliphatic rings. The molecule has 4 nitrogen and oxygen atoms in total. The number of halogens is 1. The Morgan fingerprint density at radius 3 is 2.78 bits per heavy atom. The number of anilines is 1. The molecule has 0 atom stereocenters. The van der Waals surface area contributed by atoms with Crippen LogP contribution in [0.5, 0.6) is 11.5 Å². The first-order valence-corrected chi connectivity index (χ1v) is 7.76. The molecule has 2 aromatic rings. The zero-order chi connectivity index (χ0) is 15.9. The second-order valence-electron chi connectivity index (χ2n) is 5.22. The number of nitrogens with zero attached hydrogens (tertiary/aromatic N) is 1. The van der Waals surface area contributed by atoms with Gasteiger partial charge in [0.25, 0.3) is 0 Å². The van der Waals surface area contributed by atoms with Gasteiger partial charge in [0.2, 0.25) is 0 Å². The lowest BCUT2D eigenvalue weighted by atomic mass is 10.2. The Hall–Kier alpha value is -2.27. The highest BCUT2D eigenvalue weighted by atomic mass is 19.1. The minimum atomic E-state index is -0.278. The van der Waals surface area contributed by atoms with Gasteiger partial charge in [0.1, 0.15) is 30.5 Å². The molecule has 3 rings (SSSR count). The fourth-order valence-corrected chi connectivity index (χ4v) is 2.50. The topological polar surface area (TPSA) is 30.9 Å². The van der Waals surface area contributed by atoms with Crippen LogP contribution in [0.25, 0.3) is 0 Å². The van der Waals surface area contributed by atoms with Crippen LogP contribution in [0.1, 0.15) is 0 Å². The van der Waals surface area contributed by atoms with E-state index in [4.69, 9.17) is 14.2 Å². The Morgan fingerprint density at radius 1 is 1.04 bits per heavy atom. The Bertz CT molecular complexity index is 621. The lowest BCUT2D eigenvalue weighted by Crippen LogP contribution is -2.35. The third kappa shape index (κ3) is 4.36. The molecule has 0 N–H and O–H groups in total. The third-order valence-electron chi connectivity index (χ3n) is 3.63. The predicted molar refractivity (Wildman–Crippen MR) is 86.9 cm³/mol. The fourth-order valence-electron chi connectivity index (χ4n) is 2.50. The van der Waals surface area contributed by atoms with Gasteiger partial charge in [-0.3, -0.25) is 0 Å². The van der Waals surface area contributed by atoms with Crippen molar-refractivity contribution in [2.45, 2.75) is 0 Å². The van der Waals surface area contributed by atoms with E-state index in [1.807, 2.05) is 30.3 Å². The Kier molecular flexibility index (Phi) is 5.32. The third-order valence-corrected chi connectivity index (χ3v) is 3.63. The number of benzene rings is 2. The molecular formula is C18H20FNO3. The molecule has 0 saturated heterocycles. The van der Waals surface area contributed by atoms with Gasteiger partial charge >= 0.3 is 0 Å². The highest BCUT2D eigenvalue weighted by Crippen LogP contribution is 2.31. The zero-order valence-corrected chi connectivity index (χ0v) is 12.9. The first-order chi connectivity index (χ1) is 11.3. The van der Waals surface area contributed by atoms with Gasteiger partial charge in [0.15, 0.2) is 0 Å². The van der Waals surface area contributed by atoms with Crippen LogP contribution in [0.15, 0.2) is 48.5 Å². The van der Waals surface area contributed by atoms with Gasteiger partial charge in [-0.25, -0.2) is 4.39 Å². The van der Waals surface area contributed by atoms with E-state index in [-0.39, 0.29) is 5.82 Å². The van der Waals surface area contributed by atoms with E-state index in [2.05, 4.69) is 4.90 Å². The maximum absolute atomic E-state index is 13.2. The van der Waals surface area contributed by atoms with Crippen LogP contribution >= 0.6 is 0 Å². The largest absolute Gasteiger partial charge is 0.491 e. The van der Waals surface area contributed by atoms with E-state index < -0.39 is 0 Å². The van der Waals surface area contributed by atoms with Crippen LogP contribution < -0.4 is 14.4 Å². The quantitative estimate of drug-likeness (QED) is 0.734. The second kappa shape index (κ2) is 7.83. The molecule has 2 aromatic carbocycles. The van der Waals surface area contributed by atoms with Gasteiger partial charge in [-0.05, 0) is 24.3 Å². The Balaban J connectivity index is 1.38. The summed E-state index contributed by atoms with van der Waals surface area (Å²) in [6.45, 7) is 3.74. The van der Waals surface area contributed by atoms with Crippen LogP contribution in [0, 0.1) is 5.82 Å². The predicted octanol–water partition coefficient (Wildman–Crippen LogP) is 3.12. The minimum Gasteiger partial charge on any atom is -0.491 e. The van der Waals surface area contributed by atoms with Gasteiger partial charge in [0.05, 0.1) is 25.4 Å². The number of fused-ring (bicyclic) bond motifs is 1. The molecule has 0 spiro atoms. The molecule has 0 radical (unpaired) electrons. The van der Waals surface area contributed by atoms with E-state index >= 15 is 0 Å². The molecule has 0 bridgehead atoms. The van der Waals surface area contributed by atoms with Crippen molar-refractivity contribution in [3.05, 3.63) is 54.3 Å². The molecule has 0 fully saturated rings. The fraction of sp³-hybridized carbons (Fsp3) is 0.333. The average Bonchev–Trinajstić information content (AvgIpc) is 2.58. The van der Waals surface area contributed by atoms with E-state index in [9.17, 15) is 4.39 Å². The first-order valence-electron chi connectivity index (χ1n) is 7.76. The molecule has 0 aromatic heterocycles. The van der Waals surface area contributed by atoms with Crippen molar-refractivity contribution in [2.24, 2.45) is 0 Å². The van der Waals surface area contributed by atoms with E-state index in [0.29, 0.717) is 32.2 Å². The van der Waals surface area contributed by atoms with Gasteiger partial charge < -0.3 is 19.1 Å². The highest BCUT2D eigenvalue weighted by molar-refractivity contribution is 5.59. The average molecular weight is 317 g/mol. The summed E-state index contributed by atoms with van der Waals surface area (Å²) in [6.07, 6.45) is 0. The van der Waals surface area contributed by atoms with Crippen molar-refractivity contribution in [1.82, 2.24) is 0 Å². The molecular weight excluding hydrogens is 297 g/mol. The van der Waals surface area contributed by atoms with Gasteiger partial charge in [-0.1, -0.05) is 18.2 Å². The monoisotopic (exact) mass is 317 g/mol. The standard InChI is InChI=1S/C18H20FNO3/c19-15-6-7-17-18(14-15)23-11-9-20(17)8-10-21-12-13-22-16-4-2-1-3-5-16/h1-7,14H,8-13H2. The summed E-state index contributed by atoms with van der Waals surface area (Å²) < 4.78 is 29.9. The maximum atomic E-state index is 13.2. The summed E-state index contributed by atoms with van der Waals surface area (Å²) in [6, 6.07) is 14.3. The van der Waals surface area contributed by atoms with Crippen LogP contribution in [0.2, 0.25) is 0 Å². The summed E-state index contributed by atoms with van der Waals surface area (Å²) >= 11 is 0.